The van der Waals surface area contributed by atoms with Gasteiger partial charge in [-0.3, -0.25) is 14.9 Å². The summed E-state index contributed by atoms with van der Waals surface area (Å²) in [4.78, 5) is 20.5. The Kier molecular flexibility index (Phi) is 4.20. The first-order chi connectivity index (χ1) is 9.45. The number of hydrogen-bond donors (Lipinski definition) is 1. The molecule has 8 nitrogen and oxygen atoms in total. The number of thioether (sulfide) groups is 1. The lowest BCUT2D eigenvalue weighted by Gasteiger charge is -1.97. The molecule has 1 aromatic heterocycles. The molecule has 0 saturated heterocycles. The zero-order valence-electron chi connectivity index (χ0n) is 9.65. The van der Waals surface area contributed by atoms with Crippen LogP contribution in [-0.4, -0.2) is 31.9 Å². The van der Waals surface area contributed by atoms with Crippen LogP contribution in [0.1, 0.15) is 0 Å². The van der Waals surface area contributed by atoms with Crippen molar-refractivity contribution < 1.29 is 19.2 Å². The van der Waals surface area contributed by atoms with Crippen molar-refractivity contribution in [2.75, 3.05) is 5.75 Å². The molecule has 0 amide bonds. The Labute approximate surface area is 120 Å². The normalized spacial score (nSPS) is 10.4. The second kappa shape index (κ2) is 5.88. The lowest BCUT2D eigenvalue weighted by Crippen LogP contribution is -1.97. The Morgan fingerprint density at radius 3 is 2.85 bits per heavy atom. The minimum Gasteiger partial charge on any atom is -0.481 e. The topological polar surface area (TPSA) is 119 Å². The highest BCUT2D eigenvalue weighted by atomic mass is 35.5. The van der Waals surface area contributed by atoms with Crippen molar-refractivity contribution in [1.82, 2.24) is 10.2 Å². The van der Waals surface area contributed by atoms with Gasteiger partial charge in [0.05, 0.1) is 4.92 Å². The third kappa shape index (κ3) is 3.45. The first kappa shape index (κ1) is 14.3. The van der Waals surface area contributed by atoms with Crippen LogP contribution in [-0.2, 0) is 4.79 Å². The summed E-state index contributed by atoms with van der Waals surface area (Å²) in [5, 5.41) is 26.8. The molecule has 1 heterocycles. The van der Waals surface area contributed by atoms with Crippen LogP contribution >= 0.6 is 23.4 Å². The third-order valence-corrected chi connectivity index (χ3v) is 3.09. The Morgan fingerprint density at radius 2 is 2.20 bits per heavy atom. The monoisotopic (exact) mass is 315 g/mol. The highest BCUT2D eigenvalue weighted by Gasteiger charge is 2.15. The minimum absolute atomic E-state index is 0.0310. The summed E-state index contributed by atoms with van der Waals surface area (Å²) in [7, 11) is 0. The minimum atomic E-state index is -1.02. The SMILES string of the molecule is O=C(O)CSc1nnc(-c2cc(Cl)cc([N+](=O)[O-])c2)o1. The Bertz CT molecular complexity index is 675. The van der Waals surface area contributed by atoms with Crippen LogP contribution in [0.3, 0.4) is 0 Å². The summed E-state index contributed by atoms with van der Waals surface area (Å²) in [6, 6.07) is 3.88. The van der Waals surface area contributed by atoms with Gasteiger partial charge in [0, 0.05) is 22.7 Å². The molecule has 0 radical (unpaired) electrons. The summed E-state index contributed by atoms with van der Waals surface area (Å²) < 4.78 is 5.21. The van der Waals surface area contributed by atoms with Gasteiger partial charge >= 0.3 is 5.97 Å². The maximum Gasteiger partial charge on any atom is 0.314 e. The molecular weight excluding hydrogens is 310 g/mol. The predicted molar refractivity (Wildman–Crippen MR) is 69.8 cm³/mol. The molecule has 0 unspecified atom stereocenters. The molecule has 1 N–H and O–H groups in total. The average Bonchev–Trinajstić information content (AvgIpc) is 2.84. The molecule has 0 aliphatic rings. The first-order valence-electron chi connectivity index (χ1n) is 5.09. The smallest absolute Gasteiger partial charge is 0.314 e. The zero-order valence-corrected chi connectivity index (χ0v) is 11.2. The van der Waals surface area contributed by atoms with Gasteiger partial charge in [0.1, 0.15) is 5.75 Å². The molecule has 104 valence electrons. The Morgan fingerprint density at radius 1 is 1.45 bits per heavy atom. The standard InChI is InChI=1S/C10H6ClN3O5S/c11-6-1-5(2-7(3-6)14(17)18)9-12-13-10(19-9)20-4-8(15)16/h1-3H,4H2,(H,15,16). The van der Waals surface area contributed by atoms with Crippen LogP contribution < -0.4 is 0 Å². The Hall–Kier alpha value is -2.13. The van der Waals surface area contributed by atoms with Crippen molar-refractivity contribution >= 4 is 35.0 Å². The number of aliphatic carboxylic acids is 1. The number of nitro groups is 1. The van der Waals surface area contributed by atoms with E-state index in [0.717, 1.165) is 11.8 Å². The molecule has 0 aliphatic carbocycles. The van der Waals surface area contributed by atoms with Crippen molar-refractivity contribution in [3.8, 4) is 11.5 Å². The predicted octanol–water partition coefficient (Wildman–Crippen LogP) is 2.47. The second-order valence-electron chi connectivity index (χ2n) is 3.51. The fraction of sp³-hybridized carbons (Fsp3) is 0.100. The molecule has 2 rings (SSSR count). The molecular formula is C10H6ClN3O5S. The summed E-state index contributed by atoms with van der Waals surface area (Å²) in [6.45, 7) is 0. The molecule has 0 spiro atoms. The largest absolute Gasteiger partial charge is 0.481 e. The van der Waals surface area contributed by atoms with Gasteiger partial charge in [-0.25, -0.2) is 0 Å². The van der Waals surface area contributed by atoms with Crippen LogP contribution in [0.25, 0.3) is 11.5 Å². The van der Waals surface area contributed by atoms with Crippen LogP contribution in [0.5, 0.6) is 0 Å². The van der Waals surface area contributed by atoms with Crippen molar-refractivity contribution in [2.45, 2.75) is 5.22 Å². The van der Waals surface area contributed by atoms with Gasteiger partial charge in [0.25, 0.3) is 10.9 Å². The van der Waals surface area contributed by atoms with E-state index in [-0.39, 0.29) is 27.6 Å². The van der Waals surface area contributed by atoms with Crippen LogP contribution in [0.15, 0.2) is 27.8 Å². The van der Waals surface area contributed by atoms with Gasteiger partial charge in [-0.15, -0.1) is 10.2 Å². The van der Waals surface area contributed by atoms with E-state index in [1.54, 1.807) is 0 Å². The Balaban J connectivity index is 2.27. The van der Waals surface area contributed by atoms with E-state index in [2.05, 4.69) is 10.2 Å². The van der Waals surface area contributed by atoms with Crippen molar-refractivity contribution in [1.29, 1.82) is 0 Å². The maximum absolute atomic E-state index is 10.7. The number of carboxylic acid groups (broad SMARTS) is 1. The number of rotatable bonds is 5. The van der Waals surface area contributed by atoms with E-state index in [1.807, 2.05) is 0 Å². The number of benzene rings is 1. The zero-order chi connectivity index (χ0) is 14.7. The molecule has 0 fully saturated rings. The fourth-order valence-electron chi connectivity index (χ4n) is 1.31. The third-order valence-electron chi connectivity index (χ3n) is 2.07. The number of nitrogens with zero attached hydrogens (tertiary/aromatic N) is 3. The van der Waals surface area contributed by atoms with Crippen molar-refractivity contribution in [3.05, 3.63) is 33.3 Å². The average molecular weight is 316 g/mol. The van der Waals surface area contributed by atoms with E-state index in [4.69, 9.17) is 21.1 Å². The number of carboxylic acids is 1. The lowest BCUT2D eigenvalue weighted by molar-refractivity contribution is -0.384. The fourth-order valence-corrected chi connectivity index (χ4v) is 2.02. The number of non-ortho nitro benzene ring substituents is 1. The quantitative estimate of drug-likeness (QED) is 0.507. The summed E-state index contributed by atoms with van der Waals surface area (Å²) in [5.74, 6) is -1.21. The van der Waals surface area contributed by atoms with Gasteiger partial charge < -0.3 is 9.52 Å². The summed E-state index contributed by atoms with van der Waals surface area (Å²) in [6.07, 6.45) is 0. The molecule has 2 aromatic rings. The first-order valence-corrected chi connectivity index (χ1v) is 6.45. The molecule has 0 bridgehead atoms. The summed E-state index contributed by atoms with van der Waals surface area (Å²) >= 11 is 6.63. The molecule has 0 aliphatic heterocycles. The van der Waals surface area contributed by atoms with Crippen molar-refractivity contribution in [2.24, 2.45) is 0 Å². The van der Waals surface area contributed by atoms with Gasteiger partial charge in [-0.05, 0) is 6.07 Å². The molecule has 20 heavy (non-hydrogen) atoms. The number of hydrogen-bond acceptors (Lipinski definition) is 7. The number of aromatic nitrogens is 2. The maximum atomic E-state index is 10.7. The molecule has 0 saturated carbocycles. The second-order valence-corrected chi connectivity index (χ2v) is 4.87. The van der Waals surface area contributed by atoms with E-state index >= 15 is 0 Å². The summed E-state index contributed by atoms with van der Waals surface area (Å²) in [5.41, 5.74) is 0.0873. The highest BCUT2D eigenvalue weighted by molar-refractivity contribution is 7.99. The molecule has 10 heteroatoms. The van der Waals surface area contributed by atoms with Gasteiger partial charge in [0.2, 0.25) is 5.89 Å². The van der Waals surface area contributed by atoms with E-state index in [1.165, 1.54) is 18.2 Å². The lowest BCUT2D eigenvalue weighted by atomic mass is 10.2. The number of halogens is 1. The van der Waals surface area contributed by atoms with Gasteiger partial charge in [0.15, 0.2) is 0 Å². The van der Waals surface area contributed by atoms with Crippen LogP contribution in [0, 0.1) is 10.1 Å². The number of carbonyl (C=O) groups is 1. The van der Waals surface area contributed by atoms with E-state index < -0.39 is 10.9 Å². The highest BCUT2D eigenvalue weighted by Crippen LogP contribution is 2.29. The van der Waals surface area contributed by atoms with E-state index in [9.17, 15) is 14.9 Å². The molecule has 1 aromatic carbocycles. The van der Waals surface area contributed by atoms with E-state index in [0.29, 0.717) is 5.56 Å². The van der Waals surface area contributed by atoms with Crippen molar-refractivity contribution in [3.63, 3.8) is 0 Å². The van der Waals surface area contributed by atoms with Gasteiger partial charge in [-0.1, -0.05) is 23.4 Å². The van der Waals surface area contributed by atoms with Crippen LogP contribution in [0.2, 0.25) is 5.02 Å². The van der Waals surface area contributed by atoms with Gasteiger partial charge in [-0.2, -0.15) is 0 Å². The molecule has 0 atom stereocenters. The van der Waals surface area contributed by atoms with Crippen LogP contribution in [0.4, 0.5) is 5.69 Å². The number of nitro benzene ring substituents is 1.